The lowest BCUT2D eigenvalue weighted by atomic mass is 9.88. The fraction of sp³-hybridized carbons (Fsp3) is 0.200. The third-order valence-corrected chi connectivity index (χ3v) is 3.80. The molecule has 0 aliphatic heterocycles. The molecule has 1 aliphatic rings. The molecule has 94 valence electrons. The van der Waals surface area contributed by atoms with E-state index in [2.05, 4.69) is 24.3 Å². The lowest BCUT2D eigenvalue weighted by Gasteiger charge is -2.24. The number of halogens is 2. The zero-order chi connectivity index (χ0) is 11.9. The van der Waals surface area contributed by atoms with Crippen LogP contribution in [0, 0.1) is 0 Å². The van der Waals surface area contributed by atoms with E-state index in [0.717, 1.165) is 23.4 Å². The van der Waals surface area contributed by atoms with E-state index < -0.39 is 0 Å². The molecule has 18 heavy (non-hydrogen) atoms. The maximum atomic E-state index is 6.54. The molecule has 2 aromatic carbocycles. The predicted octanol–water partition coefficient (Wildman–Crippen LogP) is 3.71. The molecule has 0 unspecified atom stereocenters. The van der Waals surface area contributed by atoms with Crippen LogP contribution in [0.1, 0.15) is 16.7 Å². The molecule has 1 nitrogen and oxygen atoms in total. The summed E-state index contributed by atoms with van der Waals surface area (Å²) >= 11 is 5.91. The van der Waals surface area contributed by atoms with Gasteiger partial charge in [0.1, 0.15) is 0 Å². The van der Waals surface area contributed by atoms with Crippen LogP contribution in [-0.4, -0.2) is 0 Å². The van der Waals surface area contributed by atoms with Crippen LogP contribution >= 0.6 is 24.0 Å². The second kappa shape index (κ2) is 4.93. The van der Waals surface area contributed by atoms with E-state index in [1.807, 2.05) is 24.3 Å². The summed E-state index contributed by atoms with van der Waals surface area (Å²) in [5.41, 5.74) is 10.2. The van der Waals surface area contributed by atoms with Crippen LogP contribution in [0.3, 0.4) is 0 Å². The molecule has 3 heteroatoms. The highest BCUT2D eigenvalue weighted by molar-refractivity contribution is 6.30. The summed E-state index contributed by atoms with van der Waals surface area (Å²) in [6.07, 6.45) is 1.82. The van der Waals surface area contributed by atoms with Crippen LogP contribution < -0.4 is 5.73 Å². The number of hydrogen-bond donors (Lipinski definition) is 1. The summed E-state index contributed by atoms with van der Waals surface area (Å²) in [5.74, 6) is 0. The Bertz CT molecular complexity index is 524. The number of fused-ring (bicyclic) bond motifs is 1. The van der Waals surface area contributed by atoms with Crippen LogP contribution in [0.2, 0.25) is 5.02 Å². The molecule has 0 spiro atoms. The highest BCUT2D eigenvalue weighted by Crippen LogP contribution is 2.35. The lowest BCUT2D eigenvalue weighted by molar-refractivity contribution is 0.473. The van der Waals surface area contributed by atoms with Crippen molar-refractivity contribution in [3.8, 4) is 0 Å². The van der Waals surface area contributed by atoms with Crippen molar-refractivity contribution in [1.29, 1.82) is 0 Å². The van der Waals surface area contributed by atoms with Crippen molar-refractivity contribution in [3.05, 3.63) is 70.2 Å². The maximum Gasteiger partial charge on any atom is 0.0491 e. The zero-order valence-electron chi connectivity index (χ0n) is 9.90. The van der Waals surface area contributed by atoms with Gasteiger partial charge in [0.05, 0.1) is 0 Å². The molecule has 3 rings (SSSR count). The van der Waals surface area contributed by atoms with E-state index in [4.69, 9.17) is 17.3 Å². The normalized spacial score (nSPS) is 15.9. The van der Waals surface area contributed by atoms with Gasteiger partial charge in [-0.2, -0.15) is 0 Å². The van der Waals surface area contributed by atoms with E-state index in [0.29, 0.717) is 0 Å². The molecule has 0 saturated heterocycles. The van der Waals surface area contributed by atoms with Crippen molar-refractivity contribution in [2.24, 2.45) is 5.73 Å². The van der Waals surface area contributed by atoms with Crippen LogP contribution in [-0.2, 0) is 18.4 Å². The van der Waals surface area contributed by atoms with Crippen molar-refractivity contribution < 1.29 is 0 Å². The highest BCUT2D eigenvalue weighted by atomic mass is 35.5. The first kappa shape index (κ1) is 13.4. The van der Waals surface area contributed by atoms with Gasteiger partial charge in [0.15, 0.2) is 0 Å². The fourth-order valence-corrected chi connectivity index (χ4v) is 2.76. The number of nitrogens with two attached hydrogens (primary N) is 1. The van der Waals surface area contributed by atoms with E-state index in [9.17, 15) is 0 Å². The van der Waals surface area contributed by atoms with Gasteiger partial charge < -0.3 is 5.73 Å². The van der Waals surface area contributed by atoms with Gasteiger partial charge in [-0.05, 0) is 41.7 Å². The van der Waals surface area contributed by atoms with Crippen molar-refractivity contribution in [2.75, 3.05) is 0 Å². The monoisotopic (exact) mass is 279 g/mol. The van der Waals surface area contributed by atoms with E-state index >= 15 is 0 Å². The number of hydrogen-bond acceptors (Lipinski definition) is 1. The Morgan fingerprint density at radius 2 is 1.39 bits per heavy atom. The minimum Gasteiger partial charge on any atom is -0.321 e. The summed E-state index contributed by atoms with van der Waals surface area (Å²) in [4.78, 5) is 0. The Morgan fingerprint density at radius 3 is 1.89 bits per heavy atom. The quantitative estimate of drug-likeness (QED) is 0.846. The van der Waals surface area contributed by atoms with Gasteiger partial charge in [-0.1, -0.05) is 48.0 Å². The average Bonchev–Trinajstić information content (AvgIpc) is 2.67. The molecule has 1 aliphatic carbocycles. The molecule has 0 saturated carbocycles. The Morgan fingerprint density at radius 1 is 0.889 bits per heavy atom. The van der Waals surface area contributed by atoms with Crippen molar-refractivity contribution >= 4 is 24.0 Å². The summed E-state index contributed by atoms with van der Waals surface area (Å²) in [6, 6.07) is 16.4. The molecule has 0 aromatic heterocycles. The van der Waals surface area contributed by atoms with E-state index in [-0.39, 0.29) is 17.9 Å². The average molecular weight is 280 g/mol. The van der Waals surface area contributed by atoms with Gasteiger partial charge in [0.2, 0.25) is 0 Å². The first-order valence-electron chi connectivity index (χ1n) is 5.79. The molecular formula is C15H15Cl2N. The molecule has 2 aromatic rings. The second-order valence-corrected chi connectivity index (χ2v) is 5.22. The Balaban J connectivity index is 0.00000120. The Kier molecular flexibility index (Phi) is 3.67. The molecule has 0 amide bonds. The van der Waals surface area contributed by atoms with E-state index in [1.54, 1.807) is 0 Å². The van der Waals surface area contributed by atoms with Crippen LogP contribution in [0.4, 0.5) is 0 Å². The standard InChI is InChI=1S/C15H14ClN.ClH/c16-14-7-5-13(6-8-14)15(17)9-11-3-1-2-4-12(11)10-15;/h1-8H,9-10,17H2;1H. The second-order valence-electron chi connectivity index (χ2n) is 4.79. The fourth-order valence-electron chi connectivity index (χ4n) is 2.63. The Hall–Kier alpha value is -1.02. The predicted molar refractivity (Wildman–Crippen MR) is 78.4 cm³/mol. The summed E-state index contributed by atoms with van der Waals surface area (Å²) in [5, 5.41) is 0.757. The molecule has 2 N–H and O–H groups in total. The molecule has 0 radical (unpaired) electrons. The summed E-state index contributed by atoms with van der Waals surface area (Å²) < 4.78 is 0. The van der Waals surface area contributed by atoms with Crippen LogP contribution in [0.5, 0.6) is 0 Å². The first-order chi connectivity index (χ1) is 8.17. The first-order valence-corrected chi connectivity index (χ1v) is 6.17. The largest absolute Gasteiger partial charge is 0.321 e. The van der Waals surface area contributed by atoms with Crippen LogP contribution in [0.15, 0.2) is 48.5 Å². The molecule has 0 atom stereocenters. The number of rotatable bonds is 1. The molecule has 0 bridgehead atoms. The van der Waals surface area contributed by atoms with Crippen molar-refractivity contribution in [3.63, 3.8) is 0 Å². The summed E-state index contributed by atoms with van der Waals surface area (Å²) in [6.45, 7) is 0. The zero-order valence-corrected chi connectivity index (χ0v) is 11.5. The maximum absolute atomic E-state index is 6.54. The van der Waals surface area contributed by atoms with Crippen molar-refractivity contribution in [2.45, 2.75) is 18.4 Å². The molecule has 0 fully saturated rings. The SMILES string of the molecule is Cl.NC1(c2ccc(Cl)cc2)Cc2ccccc2C1. The third kappa shape index (κ3) is 2.26. The number of benzene rings is 2. The van der Waals surface area contributed by atoms with Gasteiger partial charge in [0, 0.05) is 10.6 Å². The van der Waals surface area contributed by atoms with Crippen molar-refractivity contribution in [1.82, 2.24) is 0 Å². The van der Waals surface area contributed by atoms with Gasteiger partial charge in [-0.15, -0.1) is 12.4 Å². The minimum atomic E-state index is -0.270. The highest BCUT2D eigenvalue weighted by Gasteiger charge is 2.34. The lowest BCUT2D eigenvalue weighted by Crippen LogP contribution is -2.37. The van der Waals surface area contributed by atoms with Gasteiger partial charge in [0.25, 0.3) is 0 Å². The topological polar surface area (TPSA) is 26.0 Å². The van der Waals surface area contributed by atoms with Gasteiger partial charge >= 0.3 is 0 Å². The van der Waals surface area contributed by atoms with Gasteiger partial charge in [-0.25, -0.2) is 0 Å². The van der Waals surface area contributed by atoms with Gasteiger partial charge in [-0.3, -0.25) is 0 Å². The minimum absolute atomic E-state index is 0. The smallest absolute Gasteiger partial charge is 0.0491 e. The third-order valence-electron chi connectivity index (χ3n) is 3.55. The Labute approximate surface area is 118 Å². The van der Waals surface area contributed by atoms with Crippen LogP contribution in [0.25, 0.3) is 0 Å². The van der Waals surface area contributed by atoms with E-state index in [1.165, 1.54) is 11.1 Å². The summed E-state index contributed by atoms with van der Waals surface area (Å²) in [7, 11) is 0. The molecular weight excluding hydrogens is 265 g/mol. The molecule has 0 heterocycles.